The molecule has 5 heteroatoms. The molecule has 1 atom stereocenters. The average Bonchev–Trinajstić information content (AvgIpc) is 2.65. The maximum atomic E-state index is 12.1. The van der Waals surface area contributed by atoms with E-state index >= 15 is 0 Å². The maximum Gasteiger partial charge on any atom is 0.410 e. The lowest BCUT2D eigenvalue weighted by Crippen LogP contribution is -2.52. The molecule has 1 spiro atoms. The Morgan fingerprint density at radius 2 is 1.90 bits per heavy atom. The van der Waals surface area contributed by atoms with Crippen molar-refractivity contribution < 1.29 is 14.3 Å². The molecule has 2 rings (SSSR count). The van der Waals surface area contributed by atoms with E-state index in [9.17, 15) is 9.59 Å². The van der Waals surface area contributed by atoms with Crippen molar-refractivity contribution in [3.05, 3.63) is 0 Å². The van der Waals surface area contributed by atoms with Crippen LogP contribution in [0.5, 0.6) is 0 Å². The summed E-state index contributed by atoms with van der Waals surface area (Å²) in [6.45, 7) is 11.1. The highest BCUT2D eigenvalue weighted by Crippen LogP contribution is 2.37. The number of nitrogens with zero attached hydrogens (tertiary/aromatic N) is 1. The van der Waals surface area contributed by atoms with Crippen LogP contribution in [0.1, 0.15) is 53.9 Å². The molecular formula is C16H28N2O3. The van der Waals surface area contributed by atoms with E-state index in [4.69, 9.17) is 4.74 Å². The van der Waals surface area contributed by atoms with Crippen LogP contribution < -0.4 is 5.32 Å². The number of hydrogen-bond donors (Lipinski definition) is 1. The number of rotatable bonds is 1. The van der Waals surface area contributed by atoms with Gasteiger partial charge in [-0.05, 0) is 46.0 Å². The fourth-order valence-electron chi connectivity index (χ4n) is 3.23. The number of carbonyl (C=O) groups is 2. The van der Waals surface area contributed by atoms with Crippen molar-refractivity contribution in [3.63, 3.8) is 0 Å². The molecule has 21 heavy (non-hydrogen) atoms. The second kappa shape index (κ2) is 5.50. The van der Waals surface area contributed by atoms with Crippen LogP contribution in [-0.2, 0) is 9.53 Å². The fraction of sp³-hybridized carbons (Fsp3) is 0.875. The van der Waals surface area contributed by atoms with Gasteiger partial charge in [0.15, 0.2) is 0 Å². The zero-order valence-electron chi connectivity index (χ0n) is 13.9. The van der Waals surface area contributed by atoms with Gasteiger partial charge < -0.3 is 15.0 Å². The molecule has 1 N–H and O–H groups in total. The van der Waals surface area contributed by atoms with Gasteiger partial charge >= 0.3 is 6.09 Å². The summed E-state index contributed by atoms with van der Waals surface area (Å²) in [5.74, 6) is 0.655. The van der Waals surface area contributed by atoms with Crippen LogP contribution in [0.2, 0.25) is 0 Å². The minimum atomic E-state index is -0.462. The van der Waals surface area contributed by atoms with Crippen LogP contribution in [0.15, 0.2) is 0 Å². The predicted octanol–water partition coefficient (Wildman–Crippen LogP) is 2.55. The van der Waals surface area contributed by atoms with E-state index in [1.54, 1.807) is 4.90 Å². The van der Waals surface area contributed by atoms with Gasteiger partial charge in [-0.2, -0.15) is 0 Å². The Labute approximate surface area is 127 Å². The van der Waals surface area contributed by atoms with Crippen molar-refractivity contribution in [1.82, 2.24) is 10.2 Å². The van der Waals surface area contributed by atoms with Gasteiger partial charge in [0.05, 0.1) is 0 Å². The molecule has 0 aromatic carbocycles. The Kier molecular flexibility index (Phi) is 4.22. The number of amides is 2. The van der Waals surface area contributed by atoms with E-state index < -0.39 is 5.60 Å². The second-order valence-electron chi connectivity index (χ2n) is 7.79. The number of ether oxygens (including phenoxy) is 1. The first-order chi connectivity index (χ1) is 9.62. The molecule has 2 aliphatic rings. The minimum absolute atomic E-state index is 0.107. The molecule has 5 nitrogen and oxygen atoms in total. The standard InChI is InChI=1S/C16H28N2O3/c1-11(2)12-10-16(17-13(12)19)6-8-18(9-7-16)14(20)21-15(3,4)5/h11-12H,6-10H2,1-5H3,(H,17,19). The summed E-state index contributed by atoms with van der Waals surface area (Å²) in [6, 6.07) is 0. The van der Waals surface area contributed by atoms with Crippen LogP contribution in [-0.4, -0.2) is 41.1 Å². The Balaban J connectivity index is 1.92. The first kappa shape index (κ1) is 16.1. The van der Waals surface area contributed by atoms with Gasteiger partial charge in [0, 0.05) is 24.5 Å². The van der Waals surface area contributed by atoms with Gasteiger partial charge in [-0.1, -0.05) is 13.8 Å². The molecule has 2 fully saturated rings. The van der Waals surface area contributed by atoms with Crippen LogP contribution >= 0.6 is 0 Å². The monoisotopic (exact) mass is 296 g/mol. The number of hydrogen-bond acceptors (Lipinski definition) is 3. The third-order valence-corrected chi connectivity index (χ3v) is 4.51. The number of likely N-dealkylation sites (tertiary alicyclic amines) is 1. The van der Waals surface area contributed by atoms with Crippen LogP contribution in [0, 0.1) is 11.8 Å². The summed E-state index contributed by atoms with van der Waals surface area (Å²) < 4.78 is 5.41. The molecular weight excluding hydrogens is 268 g/mol. The summed E-state index contributed by atoms with van der Waals surface area (Å²) in [7, 11) is 0. The van der Waals surface area contributed by atoms with Gasteiger partial charge in [0.2, 0.25) is 5.91 Å². The lowest BCUT2D eigenvalue weighted by molar-refractivity contribution is -0.124. The number of carbonyl (C=O) groups excluding carboxylic acids is 2. The first-order valence-electron chi connectivity index (χ1n) is 7.92. The quantitative estimate of drug-likeness (QED) is 0.809. The second-order valence-corrected chi connectivity index (χ2v) is 7.79. The molecule has 0 bridgehead atoms. The summed E-state index contributed by atoms with van der Waals surface area (Å²) in [6.07, 6.45) is 2.29. The highest BCUT2D eigenvalue weighted by atomic mass is 16.6. The summed E-state index contributed by atoms with van der Waals surface area (Å²) in [5.41, 5.74) is -0.568. The van der Waals surface area contributed by atoms with Crippen molar-refractivity contribution in [2.24, 2.45) is 11.8 Å². The molecule has 0 aromatic heterocycles. The number of nitrogens with one attached hydrogen (secondary N) is 1. The molecule has 2 saturated heterocycles. The van der Waals surface area contributed by atoms with E-state index in [1.807, 2.05) is 20.8 Å². The van der Waals surface area contributed by atoms with E-state index in [-0.39, 0.29) is 23.5 Å². The minimum Gasteiger partial charge on any atom is -0.444 e. The lowest BCUT2D eigenvalue weighted by Gasteiger charge is -2.39. The van der Waals surface area contributed by atoms with E-state index in [2.05, 4.69) is 19.2 Å². The van der Waals surface area contributed by atoms with Crippen molar-refractivity contribution in [2.45, 2.75) is 65.0 Å². The van der Waals surface area contributed by atoms with Crippen LogP contribution in [0.25, 0.3) is 0 Å². The van der Waals surface area contributed by atoms with Crippen molar-refractivity contribution >= 4 is 12.0 Å². The molecule has 120 valence electrons. The normalized spacial score (nSPS) is 25.3. The Morgan fingerprint density at radius 3 is 2.33 bits per heavy atom. The molecule has 2 heterocycles. The number of piperidine rings is 1. The zero-order valence-corrected chi connectivity index (χ0v) is 13.9. The smallest absolute Gasteiger partial charge is 0.410 e. The van der Waals surface area contributed by atoms with Gasteiger partial charge in [0.1, 0.15) is 5.60 Å². The summed E-state index contributed by atoms with van der Waals surface area (Å²) >= 11 is 0. The highest BCUT2D eigenvalue weighted by Gasteiger charge is 2.47. The van der Waals surface area contributed by atoms with E-state index in [0.29, 0.717) is 19.0 Å². The Bertz CT molecular complexity index is 418. The molecule has 2 amide bonds. The molecule has 0 aromatic rings. The largest absolute Gasteiger partial charge is 0.444 e. The van der Waals surface area contributed by atoms with Crippen molar-refractivity contribution in [3.8, 4) is 0 Å². The molecule has 0 radical (unpaired) electrons. The average molecular weight is 296 g/mol. The molecule has 0 aliphatic carbocycles. The van der Waals surface area contributed by atoms with Crippen molar-refractivity contribution in [2.75, 3.05) is 13.1 Å². The first-order valence-corrected chi connectivity index (χ1v) is 7.92. The van der Waals surface area contributed by atoms with Gasteiger partial charge in [0.25, 0.3) is 0 Å². The third kappa shape index (κ3) is 3.69. The van der Waals surface area contributed by atoms with Crippen molar-refractivity contribution in [1.29, 1.82) is 0 Å². The van der Waals surface area contributed by atoms with E-state index in [0.717, 1.165) is 19.3 Å². The highest BCUT2D eigenvalue weighted by molar-refractivity contribution is 5.82. The Morgan fingerprint density at radius 1 is 1.33 bits per heavy atom. The lowest BCUT2D eigenvalue weighted by atomic mass is 9.81. The Hall–Kier alpha value is -1.26. The molecule has 1 unspecified atom stereocenters. The fourth-order valence-corrected chi connectivity index (χ4v) is 3.23. The molecule has 2 aliphatic heterocycles. The summed E-state index contributed by atoms with van der Waals surface area (Å²) in [5, 5.41) is 3.19. The third-order valence-electron chi connectivity index (χ3n) is 4.51. The van der Waals surface area contributed by atoms with Gasteiger partial charge in [-0.25, -0.2) is 4.79 Å². The predicted molar refractivity (Wildman–Crippen MR) is 80.9 cm³/mol. The van der Waals surface area contributed by atoms with Gasteiger partial charge in [-0.15, -0.1) is 0 Å². The molecule has 0 saturated carbocycles. The SMILES string of the molecule is CC(C)C1CC2(CCN(C(=O)OC(C)(C)C)CC2)NC1=O. The van der Waals surface area contributed by atoms with Crippen LogP contribution in [0.3, 0.4) is 0 Å². The zero-order chi connectivity index (χ0) is 15.8. The van der Waals surface area contributed by atoms with E-state index in [1.165, 1.54) is 0 Å². The maximum absolute atomic E-state index is 12.1. The topological polar surface area (TPSA) is 58.6 Å². The van der Waals surface area contributed by atoms with Crippen LogP contribution in [0.4, 0.5) is 4.79 Å². The summed E-state index contributed by atoms with van der Waals surface area (Å²) in [4.78, 5) is 25.9. The van der Waals surface area contributed by atoms with Gasteiger partial charge in [-0.3, -0.25) is 4.79 Å².